The topological polar surface area (TPSA) is 33.6 Å². The number of benzene rings is 1. The zero-order chi connectivity index (χ0) is 12.9. The fourth-order valence-corrected chi connectivity index (χ4v) is 2.93. The van der Waals surface area contributed by atoms with Crippen molar-refractivity contribution < 1.29 is 4.74 Å². The van der Waals surface area contributed by atoms with Crippen LogP contribution in [0.25, 0.3) is 0 Å². The molecule has 0 saturated heterocycles. The maximum absolute atomic E-state index is 6.34. The standard InChI is InChI=1S/C16H22N2O/c1-2-6-13(7-3-1)15(12-16-17-10-11-18-16)19-14-8-4-5-9-14/h1-3,6-7,14-15H,4-5,8-12H2,(H,17,18)/t15-/m0/s1. The summed E-state index contributed by atoms with van der Waals surface area (Å²) in [4.78, 5) is 4.50. The van der Waals surface area contributed by atoms with Crippen LogP contribution in [0, 0.1) is 0 Å². The zero-order valence-electron chi connectivity index (χ0n) is 11.3. The molecule has 3 heteroatoms. The van der Waals surface area contributed by atoms with Crippen LogP contribution in [0.15, 0.2) is 35.3 Å². The summed E-state index contributed by atoms with van der Waals surface area (Å²) in [6.07, 6.45) is 6.50. The highest BCUT2D eigenvalue weighted by atomic mass is 16.5. The lowest BCUT2D eigenvalue weighted by molar-refractivity contribution is -0.00569. The monoisotopic (exact) mass is 258 g/mol. The Bertz CT molecular complexity index is 424. The summed E-state index contributed by atoms with van der Waals surface area (Å²) in [5.74, 6) is 1.10. The van der Waals surface area contributed by atoms with Crippen LogP contribution in [0.5, 0.6) is 0 Å². The molecule has 1 N–H and O–H groups in total. The largest absolute Gasteiger partial charge is 0.372 e. The maximum Gasteiger partial charge on any atom is 0.0994 e. The molecule has 0 radical (unpaired) electrons. The number of nitrogens with one attached hydrogen (secondary N) is 1. The molecule has 1 saturated carbocycles. The minimum atomic E-state index is 0.147. The number of amidine groups is 1. The van der Waals surface area contributed by atoms with Crippen LogP contribution < -0.4 is 5.32 Å². The summed E-state index contributed by atoms with van der Waals surface area (Å²) in [6.45, 7) is 1.88. The van der Waals surface area contributed by atoms with Crippen molar-refractivity contribution in [1.29, 1.82) is 0 Å². The Labute approximate surface area is 115 Å². The van der Waals surface area contributed by atoms with Crippen LogP contribution in [0.1, 0.15) is 43.8 Å². The molecule has 2 aliphatic rings. The molecule has 0 bridgehead atoms. The van der Waals surface area contributed by atoms with Crippen molar-refractivity contribution in [2.24, 2.45) is 4.99 Å². The number of hydrogen-bond donors (Lipinski definition) is 1. The first-order valence-corrected chi connectivity index (χ1v) is 7.39. The first-order chi connectivity index (χ1) is 9.42. The molecule has 1 heterocycles. The van der Waals surface area contributed by atoms with Gasteiger partial charge in [0.25, 0.3) is 0 Å². The van der Waals surface area contributed by atoms with E-state index in [2.05, 4.69) is 40.6 Å². The third-order valence-electron chi connectivity index (χ3n) is 3.95. The van der Waals surface area contributed by atoms with Gasteiger partial charge in [0.15, 0.2) is 0 Å². The molecular formula is C16H22N2O. The Morgan fingerprint density at radius 1 is 1.21 bits per heavy atom. The normalized spacial score (nSPS) is 21.2. The van der Waals surface area contributed by atoms with E-state index in [1.807, 2.05) is 0 Å². The molecule has 1 atom stereocenters. The van der Waals surface area contributed by atoms with E-state index in [0.717, 1.165) is 25.3 Å². The van der Waals surface area contributed by atoms with Crippen LogP contribution in [0.2, 0.25) is 0 Å². The highest BCUT2D eigenvalue weighted by molar-refractivity contribution is 5.84. The van der Waals surface area contributed by atoms with Crippen molar-refractivity contribution in [2.45, 2.75) is 44.3 Å². The van der Waals surface area contributed by atoms with Crippen molar-refractivity contribution in [3.05, 3.63) is 35.9 Å². The van der Waals surface area contributed by atoms with E-state index in [1.54, 1.807) is 0 Å². The van der Waals surface area contributed by atoms with Gasteiger partial charge in [-0.1, -0.05) is 43.2 Å². The molecule has 102 valence electrons. The molecule has 1 aromatic rings. The summed E-state index contributed by atoms with van der Waals surface area (Å²) >= 11 is 0. The van der Waals surface area contributed by atoms with E-state index >= 15 is 0 Å². The van der Waals surface area contributed by atoms with Gasteiger partial charge in [-0.3, -0.25) is 4.99 Å². The van der Waals surface area contributed by atoms with Gasteiger partial charge in [-0.25, -0.2) is 0 Å². The van der Waals surface area contributed by atoms with Crippen LogP contribution >= 0.6 is 0 Å². The smallest absolute Gasteiger partial charge is 0.0994 e. The average Bonchev–Trinajstić information content (AvgIpc) is 3.12. The minimum Gasteiger partial charge on any atom is -0.372 e. The summed E-state index contributed by atoms with van der Waals surface area (Å²) in [5, 5.41) is 3.35. The van der Waals surface area contributed by atoms with Crippen molar-refractivity contribution in [3.8, 4) is 0 Å². The van der Waals surface area contributed by atoms with Gasteiger partial charge >= 0.3 is 0 Å². The second-order valence-corrected chi connectivity index (χ2v) is 5.40. The Kier molecular flexibility index (Phi) is 4.13. The van der Waals surface area contributed by atoms with Crippen LogP contribution in [0.3, 0.4) is 0 Å². The van der Waals surface area contributed by atoms with Gasteiger partial charge in [0.05, 0.1) is 24.6 Å². The van der Waals surface area contributed by atoms with E-state index in [9.17, 15) is 0 Å². The Morgan fingerprint density at radius 2 is 2.00 bits per heavy atom. The lowest BCUT2D eigenvalue weighted by Gasteiger charge is -2.22. The lowest BCUT2D eigenvalue weighted by atomic mass is 10.1. The SMILES string of the molecule is c1ccc([C@H](CC2=NCCN2)OC2CCCC2)cc1. The third-order valence-corrected chi connectivity index (χ3v) is 3.95. The highest BCUT2D eigenvalue weighted by Crippen LogP contribution is 2.30. The molecule has 1 aliphatic heterocycles. The number of nitrogens with zero attached hydrogens (tertiary/aromatic N) is 1. The van der Waals surface area contributed by atoms with E-state index < -0.39 is 0 Å². The van der Waals surface area contributed by atoms with Gasteiger partial charge in [0, 0.05) is 13.0 Å². The molecular weight excluding hydrogens is 236 g/mol. The molecule has 0 spiro atoms. The first kappa shape index (κ1) is 12.7. The third kappa shape index (κ3) is 3.35. The summed E-state index contributed by atoms with van der Waals surface area (Å²) in [6, 6.07) is 10.6. The number of hydrogen-bond acceptors (Lipinski definition) is 3. The Hall–Kier alpha value is -1.35. The summed E-state index contributed by atoms with van der Waals surface area (Å²) in [5.41, 5.74) is 1.27. The number of aliphatic imine (C=N–C) groups is 1. The molecule has 0 aromatic heterocycles. The van der Waals surface area contributed by atoms with E-state index in [0.29, 0.717) is 6.10 Å². The molecule has 0 unspecified atom stereocenters. The van der Waals surface area contributed by atoms with Gasteiger partial charge in [-0.15, -0.1) is 0 Å². The van der Waals surface area contributed by atoms with Crippen molar-refractivity contribution in [2.75, 3.05) is 13.1 Å². The number of ether oxygens (including phenoxy) is 1. The zero-order valence-corrected chi connectivity index (χ0v) is 11.3. The molecule has 1 fully saturated rings. The van der Waals surface area contributed by atoms with Gasteiger partial charge < -0.3 is 10.1 Å². The van der Waals surface area contributed by atoms with Crippen LogP contribution in [-0.2, 0) is 4.74 Å². The van der Waals surface area contributed by atoms with Crippen molar-refractivity contribution in [1.82, 2.24) is 5.32 Å². The second kappa shape index (κ2) is 6.20. The second-order valence-electron chi connectivity index (χ2n) is 5.40. The molecule has 1 aliphatic carbocycles. The molecule has 3 rings (SSSR count). The summed E-state index contributed by atoms with van der Waals surface area (Å²) < 4.78 is 6.34. The van der Waals surface area contributed by atoms with Gasteiger partial charge in [0.2, 0.25) is 0 Å². The quantitative estimate of drug-likeness (QED) is 0.880. The predicted molar refractivity (Wildman–Crippen MR) is 77.4 cm³/mol. The predicted octanol–water partition coefficient (Wildman–Crippen LogP) is 3.08. The fraction of sp³-hybridized carbons (Fsp3) is 0.562. The first-order valence-electron chi connectivity index (χ1n) is 7.39. The van der Waals surface area contributed by atoms with Crippen molar-refractivity contribution in [3.63, 3.8) is 0 Å². The van der Waals surface area contributed by atoms with Crippen LogP contribution in [0.4, 0.5) is 0 Å². The number of rotatable bonds is 5. The molecule has 19 heavy (non-hydrogen) atoms. The van der Waals surface area contributed by atoms with Crippen molar-refractivity contribution >= 4 is 5.84 Å². The molecule has 3 nitrogen and oxygen atoms in total. The van der Waals surface area contributed by atoms with E-state index in [-0.39, 0.29) is 6.10 Å². The fourth-order valence-electron chi connectivity index (χ4n) is 2.93. The summed E-state index contributed by atoms with van der Waals surface area (Å²) in [7, 11) is 0. The van der Waals surface area contributed by atoms with Gasteiger partial charge in [-0.05, 0) is 18.4 Å². The lowest BCUT2D eigenvalue weighted by Crippen LogP contribution is -2.23. The highest BCUT2D eigenvalue weighted by Gasteiger charge is 2.23. The minimum absolute atomic E-state index is 0.147. The van der Waals surface area contributed by atoms with Gasteiger partial charge in [-0.2, -0.15) is 0 Å². The Morgan fingerprint density at radius 3 is 2.68 bits per heavy atom. The average molecular weight is 258 g/mol. The van der Waals surface area contributed by atoms with Gasteiger partial charge in [0.1, 0.15) is 0 Å². The molecule has 0 amide bonds. The maximum atomic E-state index is 6.34. The molecule has 1 aromatic carbocycles. The van der Waals surface area contributed by atoms with Crippen LogP contribution in [-0.4, -0.2) is 25.0 Å². The van der Waals surface area contributed by atoms with E-state index in [4.69, 9.17) is 4.74 Å². The Balaban J connectivity index is 1.70. The van der Waals surface area contributed by atoms with E-state index in [1.165, 1.54) is 31.2 Å².